The van der Waals surface area contributed by atoms with Crippen molar-refractivity contribution in [3.05, 3.63) is 65.7 Å². The normalized spacial score (nSPS) is 17.4. The summed E-state index contributed by atoms with van der Waals surface area (Å²) in [4.78, 5) is 39.6. The number of imide groups is 1. The molecule has 0 bridgehead atoms. The van der Waals surface area contributed by atoms with E-state index >= 15 is 0 Å². The molecule has 5 heteroatoms. The summed E-state index contributed by atoms with van der Waals surface area (Å²) in [7, 11) is 1.85. The molecule has 2 aromatic rings. The highest BCUT2D eigenvalue weighted by Crippen LogP contribution is 2.26. The fourth-order valence-electron chi connectivity index (χ4n) is 3.06. The van der Waals surface area contributed by atoms with Gasteiger partial charge in [-0.15, -0.1) is 0 Å². The molecule has 2 aromatic carbocycles. The third kappa shape index (κ3) is 3.51. The van der Waals surface area contributed by atoms with Crippen LogP contribution in [-0.2, 0) is 16.1 Å². The fourth-order valence-corrected chi connectivity index (χ4v) is 3.06. The van der Waals surface area contributed by atoms with Gasteiger partial charge in [0, 0.05) is 12.1 Å². The zero-order valence-corrected chi connectivity index (χ0v) is 14.3. The molecule has 0 radical (unpaired) electrons. The van der Waals surface area contributed by atoms with Gasteiger partial charge >= 0.3 is 0 Å². The van der Waals surface area contributed by atoms with E-state index in [0.717, 1.165) is 5.56 Å². The Hall–Kier alpha value is -2.79. The highest BCUT2D eigenvalue weighted by Gasteiger charge is 2.41. The Morgan fingerprint density at radius 2 is 1.72 bits per heavy atom. The summed E-state index contributed by atoms with van der Waals surface area (Å²) in [5, 5.41) is 0. The molecule has 2 amide bonds. The number of likely N-dealkylation sites (N-methyl/N-ethyl adjacent to an activating group) is 1. The Labute approximate surface area is 146 Å². The quantitative estimate of drug-likeness (QED) is 0.622. The van der Waals surface area contributed by atoms with E-state index in [1.165, 1.54) is 11.8 Å². The Morgan fingerprint density at radius 1 is 1.08 bits per heavy atom. The largest absolute Gasteiger partial charge is 0.295 e. The second kappa shape index (κ2) is 6.99. The topological polar surface area (TPSA) is 57.7 Å². The molecule has 1 aliphatic rings. The summed E-state index contributed by atoms with van der Waals surface area (Å²) in [6, 6.07) is 15.9. The minimum atomic E-state index is -0.472. The maximum atomic E-state index is 12.8. The predicted octanol–water partition coefficient (Wildman–Crippen LogP) is 2.65. The fraction of sp³-hybridized carbons (Fsp3) is 0.250. The first-order valence-electron chi connectivity index (χ1n) is 8.19. The standard InChI is InChI=1S/C20H20N2O3/c1-14(23)16-8-10-17(11-9-16)22-19(24)12-18(20(22)25)21(2)13-15-6-4-3-5-7-15/h3-11,18H,12-13H2,1-2H3. The van der Waals surface area contributed by atoms with Crippen molar-refractivity contribution in [3.63, 3.8) is 0 Å². The highest BCUT2D eigenvalue weighted by atomic mass is 16.2. The van der Waals surface area contributed by atoms with Crippen LogP contribution >= 0.6 is 0 Å². The lowest BCUT2D eigenvalue weighted by Gasteiger charge is -2.23. The van der Waals surface area contributed by atoms with E-state index < -0.39 is 6.04 Å². The van der Waals surface area contributed by atoms with Crippen molar-refractivity contribution in [3.8, 4) is 0 Å². The lowest BCUT2D eigenvalue weighted by Crippen LogP contribution is -2.39. The van der Waals surface area contributed by atoms with E-state index in [4.69, 9.17) is 0 Å². The first kappa shape index (κ1) is 17.0. The zero-order chi connectivity index (χ0) is 18.0. The van der Waals surface area contributed by atoms with Crippen LogP contribution in [0.4, 0.5) is 5.69 Å². The van der Waals surface area contributed by atoms with E-state index in [-0.39, 0.29) is 24.0 Å². The summed E-state index contributed by atoms with van der Waals surface area (Å²) in [6.07, 6.45) is 0.163. The van der Waals surface area contributed by atoms with Crippen LogP contribution in [0.2, 0.25) is 0 Å². The molecule has 128 valence electrons. The molecule has 1 heterocycles. The average Bonchev–Trinajstić information content (AvgIpc) is 2.90. The van der Waals surface area contributed by atoms with Gasteiger partial charge in [-0.1, -0.05) is 30.3 Å². The molecule has 1 fully saturated rings. The van der Waals surface area contributed by atoms with Crippen molar-refractivity contribution in [2.45, 2.75) is 25.9 Å². The molecule has 25 heavy (non-hydrogen) atoms. The van der Waals surface area contributed by atoms with Gasteiger partial charge in [0.15, 0.2) is 5.78 Å². The Kier molecular flexibility index (Phi) is 4.76. The minimum absolute atomic E-state index is 0.0499. The van der Waals surface area contributed by atoms with E-state index in [9.17, 15) is 14.4 Å². The van der Waals surface area contributed by atoms with Gasteiger partial charge in [-0.2, -0.15) is 0 Å². The summed E-state index contributed by atoms with van der Waals surface area (Å²) in [5.41, 5.74) is 2.16. The van der Waals surface area contributed by atoms with E-state index in [1.807, 2.05) is 42.3 Å². The second-order valence-electron chi connectivity index (χ2n) is 6.29. The number of carbonyl (C=O) groups excluding carboxylic acids is 3. The van der Waals surface area contributed by atoms with Crippen LogP contribution in [0.1, 0.15) is 29.3 Å². The van der Waals surface area contributed by atoms with E-state index in [0.29, 0.717) is 17.8 Å². The molecule has 1 aliphatic heterocycles. The molecule has 1 saturated heterocycles. The number of amides is 2. The van der Waals surface area contributed by atoms with Gasteiger partial charge in [0.25, 0.3) is 5.91 Å². The van der Waals surface area contributed by atoms with Crippen molar-refractivity contribution < 1.29 is 14.4 Å². The first-order valence-corrected chi connectivity index (χ1v) is 8.19. The van der Waals surface area contributed by atoms with Gasteiger partial charge in [0.1, 0.15) is 0 Å². The number of hydrogen-bond donors (Lipinski definition) is 0. The van der Waals surface area contributed by atoms with Crippen molar-refractivity contribution in [1.82, 2.24) is 4.90 Å². The number of benzene rings is 2. The molecule has 1 atom stereocenters. The lowest BCUT2D eigenvalue weighted by atomic mass is 10.1. The van der Waals surface area contributed by atoms with Gasteiger partial charge in [0.2, 0.25) is 5.91 Å². The number of carbonyl (C=O) groups is 3. The Bertz CT molecular complexity index is 799. The van der Waals surface area contributed by atoms with Gasteiger partial charge in [0.05, 0.1) is 18.2 Å². The number of rotatable bonds is 5. The molecule has 0 saturated carbocycles. The second-order valence-corrected chi connectivity index (χ2v) is 6.29. The van der Waals surface area contributed by atoms with Crippen molar-refractivity contribution >= 4 is 23.3 Å². The van der Waals surface area contributed by atoms with Gasteiger partial charge < -0.3 is 0 Å². The van der Waals surface area contributed by atoms with Gasteiger partial charge in [-0.05, 0) is 43.8 Å². The molecular weight excluding hydrogens is 316 g/mol. The minimum Gasteiger partial charge on any atom is -0.295 e. The Morgan fingerprint density at radius 3 is 2.32 bits per heavy atom. The smallest absolute Gasteiger partial charge is 0.251 e. The number of ketones is 1. The van der Waals surface area contributed by atoms with Crippen molar-refractivity contribution in [1.29, 1.82) is 0 Å². The maximum absolute atomic E-state index is 12.8. The highest BCUT2D eigenvalue weighted by molar-refractivity contribution is 6.22. The molecular formula is C20H20N2O3. The molecule has 5 nitrogen and oxygen atoms in total. The van der Waals surface area contributed by atoms with Gasteiger partial charge in [-0.25, -0.2) is 4.90 Å². The molecule has 1 unspecified atom stereocenters. The van der Waals surface area contributed by atoms with E-state index in [2.05, 4.69) is 0 Å². The Balaban J connectivity index is 1.76. The van der Waals surface area contributed by atoms with Crippen LogP contribution in [0, 0.1) is 0 Å². The number of Topliss-reactive ketones (excluding diaryl/α,β-unsaturated/α-hetero) is 1. The van der Waals surface area contributed by atoms with Crippen LogP contribution in [0.15, 0.2) is 54.6 Å². The van der Waals surface area contributed by atoms with Crippen molar-refractivity contribution in [2.75, 3.05) is 11.9 Å². The molecule has 0 aromatic heterocycles. The van der Waals surface area contributed by atoms with Crippen LogP contribution in [0.25, 0.3) is 0 Å². The van der Waals surface area contributed by atoms with Crippen LogP contribution < -0.4 is 4.90 Å². The summed E-state index contributed by atoms with van der Waals surface area (Å²) in [5.74, 6) is -0.490. The van der Waals surface area contributed by atoms with Crippen LogP contribution in [0.3, 0.4) is 0 Å². The zero-order valence-electron chi connectivity index (χ0n) is 14.3. The lowest BCUT2D eigenvalue weighted by molar-refractivity contribution is -0.122. The third-order valence-corrected chi connectivity index (χ3v) is 4.46. The number of anilines is 1. The SMILES string of the molecule is CC(=O)c1ccc(N2C(=O)CC(N(C)Cc3ccccc3)C2=O)cc1. The summed E-state index contributed by atoms with van der Waals surface area (Å²) < 4.78 is 0. The van der Waals surface area contributed by atoms with Gasteiger partial charge in [-0.3, -0.25) is 19.3 Å². The molecule has 0 N–H and O–H groups in total. The number of nitrogens with zero attached hydrogens (tertiary/aromatic N) is 2. The number of hydrogen-bond acceptors (Lipinski definition) is 4. The van der Waals surface area contributed by atoms with Crippen LogP contribution in [-0.4, -0.2) is 35.6 Å². The average molecular weight is 336 g/mol. The predicted molar refractivity (Wildman–Crippen MR) is 95.3 cm³/mol. The van der Waals surface area contributed by atoms with Crippen LogP contribution in [0.5, 0.6) is 0 Å². The molecule has 0 aliphatic carbocycles. The monoisotopic (exact) mass is 336 g/mol. The maximum Gasteiger partial charge on any atom is 0.251 e. The van der Waals surface area contributed by atoms with Crippen molar-refractivity contribution in [2.24, 2.45) is 0 Å². The summed E-state index contributed by atoms with van der Waals surface area (Å²) >= 11 is 0. The summed E-state index contributed by atoms with van der Waals surface area (Å²) in [6.45, 7) is 2.08. The molecule has 0 spiro atoms. The third-order valence-electron chi connectivity index (χ3n) is 4.46. The molecule has 3 rings (SSSR count). The first-order chi connectivity index (χ1) is 12.0. The van der Waals surface area contributed by atoms with E-state index in [1.54, 1.807) is 24.3 Å².